The molecule has 2 aromatic carbocycles. The van der Waals surface area contributed by atoms with E-state index >= 15 is 0 Å². The summed E-state index contributed by atoms with van der Waals surface area (Å²) in [6.45, 7) is 3.82. The second-order valence-corrected chi connectivity index (χ2v) is 9.81. The van der Waals surface area contributed by atoms with Gasteiger partial charge in [-0.2, -0.15) is 0 Å². The van der Waals surface area contributed by atoms with E-state index in [0.29, 0.717) is 0 Å². The molecule has 0 aromatic heterocycles. The maximum Gasteiger partial charge on any atom is 0.407 e. The smallest absolute Gasteiger partial charge is 0.407 e. The molecule has 1 heterocycles. The van der Waals surface area contributed by atoms with Gasteiger partial charge in [0.05, 0.1) is 0 Å². The predicted molar refractivity (Wildman–Crippen MR) is 132 cm³/mol. The number of hydrogen-bond donors (Lipinski definition) is 3. The van der Waals surface area contributed by atoms with Crippen molar-refractivity contribution in [1.29, 1.82) is 0 Å². The summed E-state index contributed by atoms with van der Waals surface area (Å²) in [6.07, 6.45) is 0.589. The number of benzene rings is 2. The number of ether oxygens (including phenoxy) is 1. The van der Waals surface area contributed by atoms with Crippen molar-refractivity contribution in [2.45, 2.75) is 50.1 Å². The van der Waals surface area contributed by atoms with Crippen LogP contribution in [0.1, 0.15) is 49.7 Å². The number of carbonyl (C=O) groups excluding carboxylic acids is 2. The SMILES string of the molecule is CN1CCC(C)(NC(=O)C(CCC(=O)O)NC(=O)OCC2c3ccccc3-c3ccccc32)CC1. The Hall–Kier alpha value is -3.39. The fraction of sp³-hybridized carbons (Fsp3) is 0.444. The fourth-order valence-corrected chi connectivity index (χ4v) is 4.94. The van der Waals surface area contributed by atoms with Crippen molar-refractivity contribution in [3.63, 3.8) is 0 Å². The molecule has 8 nitrogen and oxygen atoms in total. The maximum absolute atomic E-state index is 13.0. The quantitative estimate of drug-likeness (QED) is 0.536. The van der Waals surface area contributed by atoms with Crippen LogP contribution < -0.4 is 10.6 Å². The van der Waals surface area contributed by atoms with Gasteiger partial charge in [-0.15, -0.1) is 0 Å². The standard InChI is InChI=1S/C27H33N3O5/c1-27(13-15-30(2)16-14-27)29-25(33)23(11-12-24(31)32)28-26(34)35-17-22-20-9-5-3-7-18(20)19-8-4-6-10-21(19)22/h3-10,22-23H,11-17H2,1-2H3,(H,28,34)(H,29,33)(H,31,32). The number of likely N-dealkylation sites (tertiary alicyclic amines) is 1. The third-order valence-corrected chi connectivity index (χ3v) is 7.11. The second kappa shape index (κ2) is 10.5. The summed E-state index contributed by atoms with van der Waals surface area (Å²) in [4.78, 5) is 39.1. The van der Waals surface area contributed by atoms with Gasteiger partial charge in [-0.05, 0) is 55.5 Å². The normalized spacial score (nSPS) is 17.7. The average Bonchev–Trinajstić information content (AvgIpc) is 3.16. The lowest BCUT2D eigenvalue weighted by atomic mass is 9.89. The Labute approximate surface area is 205 Å². The van der Waals surface area contributed by atoms with E-state index in [4.69, 9.17) is 9.84 Å². The Balaban J connectivity index is 1.40. The number of fused-ring (bicyclic) bond motifs is 3. The maximum atomic E-state index is 13.0. The monoisotopic (exact) mass is 479 g/mol. The third kappa shape index (κ3) is 5.82. The summed E-state index contributed by atoms with van der Waals surface area (Å²) >= 11 is 0. The van der Waals surface area contributed by atoms with E-state index in [9.17, 15) is 14.4 Å². The van der Waals surface area contributed by atoms with Crippen molar-refractivity contribution in [3.05, 3.63) is 59.7 Å². The molecule has 1 saturated heterocycles. The highest BCUT2D eigenvalue weighted by atomic mass is 16.5. The Morgan fingerprint density at radius 2 is 1.63 bits per heavy atom. The number of carboxylic acid groups (broad SMARTS) is 1. The first kappa shape index (κ1) is 24.7. The molecule has 1 atom stereocenters. The molecule has 2 amide bonds. The molecule has 2 aromatic rings. The predicted octanol–water partition coefficient (Wildman–Crippen LogP) is 3.36. The van der Waals surface area contributed by atoms with Gasteiger partial charge in [0.1, 0.15) is 12.6 Å². The van der Waals surface area contributed by atoms with Crippen LogP contribution in [-0.4, -0.2) is 66.3 Å². The lowest BCUT2D eigenvalue weighted by molar-refractivity contribution is -0.137. The largest absolute Gasteiger partial charge is 0.481 e. The minimum Gasteiger partial charge on any atom is -0.481 e. The average molecular weight is 480 g/mol. The number of aliphatic carboxylic acids is 1. The van der Waals surface area contributed by atoms with Crippen LogP contribution in [0.25, 0.3) is 11.1 Å². The molecule has 0 saturated carbocycles. The van der Waals surface area contributed by atoms with E-state index in [1.807, 2.05) is 50.4 Å². The third-order valence-electron chi connectivity index (χ3n) is 7.11. The van der Waals surface area contributed by atoms with E-state index < -0.39 is 23.6 Å². The highest BCUT2D eigenvalue weighted by molar-refractivity contribution is 5.86. The van der Waals surface area contributed by atoms with Crippen molar-refractivity contribution >= 4 is 18.0 Å². The zero-order valence-electron chi connectivity index (χ0n) is 20.3. The van der Waals surface area contributed by atoms with Gasteiger partial charge in [0.25, 0.3) is 0 Å². The van der Waals surface area contributed by atoms with Gasteiger partial charge in [0, 0.05) is 31.0 Å². The number of amides is 2. The number of nitrogens with zero attached hydrogens (tertiary/aromatic N) is 1. The van der Waals surface area contributed by atoms with Crippen LogP contribution in [0.3, 0.4) is 0 Å². The van der Waals surface area contributed by atoms with E-state index in [0.717, 1.165) is 48.2 Å². The summed E-state index contributed by atoms with van der Waals surface area (Å²) in [5, 5.41) is 14.8. The highest BCUT2D eigenvalue weighted by Crippen LogP contribution is 2.44. The van der Waals surface area contributed by atoms with E-state index in [2.05, 4.69) is 27.7 Å². The van der Waals surface area contributed by atoms with Gasteiger partial charge in [-0.1, -0.05) is 48.5 Å². The van der Waals surface area contributed by atoms with E-state index in [1.54, 1.807) is 0 Å². The van der Waals surface area contributed by atoms with Crippen molar-refractivity contribution in [2.24, 2.45) is 0 Å². The van der Waals surface area contributed by atoms with Crippen LogP contribution in [0.2, 0.25) is 0 Å². The Kier molecular flexibility index (Phi) is 7.40. The minimum absolute atomic E-state index is 0.0126. The molecule has 4 rings (SSSR count). The highest BCUT2D eigenvalue weighted by Gasteiger charge is 2.34. The van der Waals surface area contributed by atoms with Gasteiger partial charge < -0.3 is 25.4 Å². The molecule has 1 fully saturated rings. The Bertz CT molecular complexity index is 1050. The molecule has 0 radical (unpaired) electrons. The van der Waals surface area contributed by atoms with Crippen molar-refractivity contribution in [2.75, 3.05) is 26.7 Å². The first-order chi connectivity index (χ1) is 16.8. The summed E-state index contributed by atoms with van der Waals surface area (Å²) in [6, 6.07) is 15.1. The van der Waals surface area contributed by atoms with Crippen molar-refractivity contribution < 1.29 is 24.2 Å². The molecule has 35 heavy (non-hydrogen) atoms. The molecule has 1 aliphatic carbocycles. The first-order valence-corrected chi connectivity index (χ1v) is 12.1. The first-order valence-electron chi connectivity index (χ1n) is 12.1. The Morgan fingerprint density at radius 3 is 2.20 bits per heavy atom. The molecule has 0 spiro atoms. The van der Waals surface area contributed by atoms with Gasteiger partial charge >= 0.3 is 12.1 Å². The molecule has 2 aliphatic rings. The Morgan fingerprint density at radius 1 is 1.06 bits per heavy atom. The summed E-state index contributed by atoms with van der Waals surface area (Å²) < 4.78 is 5.57. The van der Waals surface area contributed by atoms with E-state index in [-0.39, 0.29) is 31.3 Å². The zero-order chi connectivity index (χ0) is 25.0. The number of nitrogens with one attached hydrogen (secondary N) is 2. The number of carbonyl (C=O) groups is 3. The molecular formula is C27H33N3O5. The van der Waals surface area contributed by atoms with Crippen LogP contribution in [-0.2, 0) is 14.3 Å². The fourth-order valence-electron chi connectivity index (χ4n) is 4.94. The molecule has 0 bridgehead atoms. The summed E-state index contributed by atoms with van der Waals surface area (Å²) in [7, 11) is 2.04. The molecule has 186 valence electrons. The zero-order valence-corrected chi connectivity index (χ0v) is 20.3. The van der Waals surface area contributed by atoms with E-state index in [1.165, 1.54) is 0 Å². The molecule has 8 heteroatoms. The topological polar surface area (TPSA) is 108 Å². The van der Waals surface area contributed by atoms with Gasteiger partial charge in [-0.25, -0.2) is 4.79 Å². The summed E-state index contributed by atoms with van der Waals surface area (Å²) in [5.74, 6) is -1.51. The van der Waals surface area contributed by atoms with Crippen LogP contribution in [0.4, 0.5) is 4.79 Å². The van der Waals surface area contributed by atoms with Gasteiger partial charge in [-0.3, -0.25) is 9.59 Å². The van der Waals surface area contributed by atoms with Gasteiger partial charge in [0.15, 0.2) is 0 Å². The van der Waals surface area contributed by atoms with Gasteiger partial charge in [0.2, 0.25) is 5.91 Å². The molecule has 1 unspecified atom stereocenters. The number of alkyl carbamates (subject to hydrolysis) is 1. The lowest BCUT2D eigenvalue weighted by Crippen LogP contribution is -2.57. The molecular weight excluding hydrogens is 446 g/mol. The van der Waals surface area contributed by atoms with Crippen LogP contribution in [0.5, 0.6) is 0 Å². The lowest BCUT2D eigenvalue weighted by Gasteiger charge is -2.39. The molecule has 1 aliphatic heterocycles. The second-order valence-electron chi connectivity index (χ2n) is 9.81. The summed E-state index contributed by atoms with van der Waals surface area (Å²) in [5.41, 5.74) is 4.05. The number of hydrogen-bond acceptors (Lipinski definition) is 5. The van der Waals surface area contributed by atoms with Crippen LogP contribution in [0, 0.1) is 0 Å². The number of carboxylic acids is 1. The number of rotatable bonds is 8. The van der Waals surface area contributed by atoms with Crippen LogP contribution >= 0.6 is 0 Å². The molecule has 3 N–H and O–H groups in total. The minimum atomic E-state index is -1.03. The van der Waals surface area contributed by atoms with Crippen molar-refractivity contribution in [1.82, 2.24) is 15.5 Å². The van der Waals surface area contributed by atoms with Crippen LogP contribution in [0.15, 0.2) is 48.5 Å². The van der Waals surface area contributed by atoms with Crippen molar-refractivity contribution in [3.8, 4) is 11.1 Å². The number of piperidine rings is 1.